The van der Waals surface area contributed by atoms with Crippen LogP contribution in [0.4, 0.5) is 11.4 Å². The third-order valence-corrected chi connectivity index (χ3v) is 5.06. The van der Waals surface area contributed by atoms with E-state index in [2.05, 4.69) is 57.6 Å². The highest BCUT2D eigenvalue weighted by molar-refractivity contribution is 6.01. The molecule has 5 heteroatoms. The maximum Gasteiger partial charge on any atom is 0.248 e. The Morgan fingerprint density at radius 1 is 0.931 bits per heavy atom. The minimum Gasteiger partial charge on any atom is -0.465 e. The smallest absolute Gasteiger partial charge is 0.248 e. The van der Waals surface area contributed by atoms with Crippen molar-refractivity contribution < 1.29 is 9.21 Å². The van der Waals surface area contributed by atoms with Crippen molar-refractivity contribution in [2.24, 2.45) is 0 Å². The number of nitrogens with zero attached hydrogens (tertiary/aromatic N) is 2. The van der Waals surface area contributed by atoms with Gasteiger partial charge in [0.25, 0.3) is 0 Å². The van der Waals surface area contributed by atoms with Gasteiger partial charge in [-0.3, -0.25) is 9.69 Å². The normalized spacial score (nSPS) is 15.0. The number of hydrogen-bond acceptors (Lipinski definition) is 4. The summed E-state index contributed by atoms with van der Waals surface area (Å²) < 4.78 is 5.18. The van der Waals surface area contributed by atoms with Gasteiger partial charge in [0.1, 0.15) is 5.76 Å². The van der Waals surface area contributed by atoms with E-state index in [1.54, 1.807) is 24.5 Å². The minimum atomic E-state index is -0.177. The maximum atomic E-state index is 12.0. The van der Waals surface area contributed by atoms with Gasteiger partial charge in [0.05, 0.1) is 6.26 Å². The van der Waals surface area contributed by atoms with E-state index in [4.69, 9.17) is 4.42 Å². The molecule has 1 fully saturated rings. The van der Waals surface area contributed by atoms with Crippen molar-refractivity contribution >= 4 is 23.4 Å². The molecule has 1 N–H and O–H groups in total. The van der Waals surface area contributed by atoms with Crippen molar-refractivity contribution in [2.45, 2.75) is 6.54 Å². The molecule has 2 aromatic carbocycles. The first-order valence-corrected chi connectivity index (χ1v) is 9.90. The highest BCUT2D eigenvalue weighted by Gasteiger charge is 2.17. The predicted molar refractivity (Wildman–Crippen MR) is 117 cm³/mol. The van der Waals surface area contributed by atoms with Crippen molar-refractivity contribution in [1.29, 1.82) is 0 Å². The summed E-state index contributed by atoms with van der Waals surface area (Å²) in [6, 6.07) is 22.2. The third kappa shape index (κ3) is 5.36. The monoisotopic (exact) mass is 387 g/mol. The summed E-state index contributed by atoms with van der Waals surface area (Å²) in [6.45, 7) is 5.11. The number of piperazine rings is 1. The van der Waals surface area contributed by atoms with E-state index in [0.29, 0.717) is 5.76 Å². The molecule has 1 saturated heterocycles. The van der Waals surface area contributed by atoms with Gasteiger partial charge < -0.3 is 14.6 Å². The largest absolute Gasteiger partial charge is 0.465 e. The highest BCUT2D eigenvalue weighted by atomic mass is 16.3. The van der Waals surface area contributed by atoms with Crippen LogP contribution in [0, 0.1) is 0 Å². The summed E-state index contributed by atoms with van der Waals surface area (Å²) >= 11 is 0. The summed E-state index contributed by atoms with van der Waals surface area (Å²) in [5, 5.41) is 2.87. The van der Waals surface area contributed by atoms with Crippen LogP contribution in [0.1, 0.15) is 11.3 Å². The van der Waals surface area contributed by atoms with E-state index in [1.165, 1.54) is 17.3 Å². The quantitative estimate of drug-likeness (QED) is 0.642. The van der Waals surface area contributed by atoms with Gasteiger partial charge in [0, 0.05) is 50.2 Å². The molecule has 4 rings (SSSR count). The molecule has 1 aromatic heterocycles. The fraction of sp³-hybridized carbons (Fsp3) is 0.208. The van der Waals surface area contributed by atoms with Gasteiger partial charge >= 0.3 is 0 Å². The van der Waals surface area contributed by atoms with Gasteiger partial charge in [0.15, 0.2) is 0 Å². The van der Waals surface area contributed by atoms with Gasteiger partial charge in [0.2, 0.25) is 5.91 Å². The molecule has 148 valence electrons. The Morgan fingerprint density at radius 3 is 2.38 bits per heavy atom. The van der Waals surface area contributed by atoms with Gasteiger partial charge in [-0.2, -0.15) is 0 Å². The Morgan fingerprint density at radius 2 is 1.69 bits per heavy atom. The Kier molecular flexibility index (Phi) is 6.07. The molecule has 0 unspecified atom stereocenters. The fourth-order valence-corrected chi connectivity index (χ4v) is 3.49. The second-order valence-electron chi connectivity index (χ2n) is 7.13. The molecule has 1 amide bonds. The molecule has 2 heterocycles. The first kappa shape index (κ1) is 19.0. The summed E-state index contributed by atoms with van der Waals surface area (Å²) in [6.07, 6.45) is 4.70. The number of furan rings is 1. The van der Waals surface area contributed by atoms with E-state index in [-0.39, 0.29) is 5.91 Å². The lowest BCUT2D eigenvalue weighted by atomic mass is 10.2. The van der Waals surface area contributed by atoms with Crippen molar-refractivity contribution in [2.75, 3.05) is 36.4 Å². The van der Waals surface area contributed by atoms with Gasteiger partial charge in [-0.15, -0.1) is 0 Å². The molecule has 1 aliphatic rings. The van der Waals surface area contributed by atoms with Crippen molar-refractivity contribution in [1.82, 2.24) is 4.90 Å². The molecule has 29 heavy (non-hydrogen) atoms. The predicted octanol–water partition coefficient (Wildman–Crippen LogP) is 4.25. The van der Waals surface area contributed by atoms with E-state index in [9.17, 15) is 4.79 Å². The molecule has 5 nitrogen and oxygen atoms in total. The molecular formula is C24H25N3O2. The summed E-state index contributed by atoms with van der Waals surface area (Å²) in [5.41, 5.74) is 3.33. The standard InChI is InChI=1S/C24H25N3O2/c28-24(13-12-23-7-4-18-29-23)25-21-8-10-22(11-9-21)27-16-14-26(15-17-27)19-20-5-2-1-3-6-20/h1-13,18H,14-17,19H2,(H,25,28)/b13-12+. The zero-order valence-electron chi connectivity index (χ0n) is 16.3. The number of carbonyl (C=O) groups is 1. The Labute approximate surface area is 171 Å². The second-order valence-corrected chi connectivity index (χ2v) is 7.13. The number of carbonyl (C=O) groups excluding carboxylic acids is 1. The molecule has 0 bridgehead atoms. The van der Waals surface area contributed by atoms with Gasteiger partial charge in [-0.1, -0.05) is 30.3 Å². The lowest BCUT2D eigenvalue weighted by Crippen LogP contribution is -2.45. The number of benzene rings is 2. The van der Waals surface area contributed by atoms with Crippen LogP contribution in [-0.4, -0.2) is 37.0 Å². The summed E-state index contributed by atoms with van der Waals surface area (Å²) in [7, 11) is 0. The Balaban J connectivity index is 1.27. The van der Waals surface area contributed by atoms with Crippen LogP contribution < -0.4 is 10.2 Å². The topological polar surface area (TPSA) is 48.7 Å². The van der Waals surface area contributed by atoms with Crippen LogP contribution >= 0.6 is 0 Å². The summed E-state index contributed by atoms with van der Waals surface area (Å²) in [4.78, 5) is 16.9. The number of nitrogens with one attached hydrogen (secondary N) is 1. The number of hydrogen-bond donors (Lipinski definition) is 1. The number of rotatable bonds is 6. The maximum absolute atomic E-state index is 12.0. The highest BCUT2D eigenvalue weighted by Crippen LogP contribution is 2.20. The van der Waals surface area contributed by atoms with Gasteiger partial charge in [-0.05, 0) is 48.0 Å². The zero-order chi connectivity index (χ0) is 19.9. The number of anilines is 2. The first-order valence-electron chi connectivity index (χ1n) is 9.90. The second kappa shape index (κ2) is 9.26. The van der Waals surface area contributed by atoms with E-state index >= 15 is 0 Å². The van der Waals surface area contributed by atoms with Crippen LogP contribution in [0.5, 0.6) is 0 Å². The minimum absolute atomic E-state index is 0.177. The van der Waals surface area contributed by atoms with Crippen LogP contribution in [-0.2, 0) is 11.3 Å². The van der Waals surface area contributed by atoms with E-state index in [1.807, 2.05) is 12.1 Å². The molecular weight excluding hydrogens is 362 g/mol. The van der Waals surface area contributed by atoms with Crippen LogP contribution in [0.2, 0.25) is 0 Å². The lowest BCUT2D eigenvalue weighted by molar-refractivity contribution is -0.111. The molecule has 1 aliphatic heterocycles. The molecule has 0 spiro atoms. The van der Waals surface area contributed by atoms with Crippen molar-refractivity contribution in [3.63, 3.8) is 0 Å². The first-order chi connectivity index (χ1) is 14.3. The Bertz CT molecular complexity index is 926. The average molecular weight is 387 g/mol. The van der Waals surface area contributed by atoms with E-state index in [0.717, 1.165) is 38.4 Å². The molecule has 0 atom stereocenters. The molecule has 0 aliphatic carbocycles. The third-order valence-electron chi connectivity index (χ3n) is 5.06. The van der Waals surface area contributed by atoms with Crippen LogP contribution in [0.3, 0.4) is 0 Å². The lowest BCUT2D eigenvalue weighted by Gasteiger charge is -2.36. The molecule has 0 saturated carbocycles. The zero-order valence-corrected chi connectivity index (χ0v) is 16.3. The number of amides is 1. The van der Waals surface area contributed by atoms with E-state index < -0.39 is 0 Å². The average Bonchev–Trinajstić information content (AvgIpc) is 3.28. The fourth-order valence-electron chi connectivity index (χ4n) is 3.49. The van der Waals surface area contributed by atoms with Crippen molar-refractivity contribution in [3.05, 3.63) is 90.4 Å². The van der Waals surface area contributed by atoms with Crippen molar-refractivity contribution in [3.8, 4) is 0 Å². The Hall–Kier alpha value is -3.31. The van der Waals surface area contributed by atoms with Crippen LogP contribution in [0.25, 0.3) is 6.08 Å². The summed E-state index contributed by atoms with van der Waals surface area (Å²) in [5.74, 6) is 0.477. The molecule has 3 aromatic rings. The molecule has 0 radical (unpaired) electrons. The van der Waals surface area contributed by atoms with Crippen LogP contribution in [0.15, 0.2) is 83.5 Å². The van der Waals surface area contributed by atoms with Gasteiger partial charge in [-0.25, -0.2) is 0 Å². The SMILES string of the molecule is O=C(/C=C/c1ccco1)Nc1ccc(N2CCN(Cc3ccccc3)CC2)cc1.